The van der Waals surface area contributed by atoms with Gasteiger partial charge in [0.05, 0.1) is 6.54 Å². The summed E-state index contributed by atoms with van der Waals surface area (Å²) in [6, 6.07) is 12.4. The van der Waals surface area contributed by atoms with Crippen LogP contribution < -0.4 is 16.3 Å². The number of aryl methyl sites for hydroxylation is 2. The van der Waals surface area contributed by atoms with Crippen molar-refractivity contribution in [2.24, 2.45) is 0 Å². The second kappa shape index (κ2) is 9.57. The van der Waals surface area contributed by atoms with Crippen molar-refractivity contribution in [1.29, 1.82) is 0 Å². The molecular weight excluding hydrogens is 394 g/mol. The lowest BCUT2D eigenvalue weighted by Gasteiger charge is -2.21. The Hall–Kier alpha value is -3.45. The lowest BCUT2D eigenvalue weighted by molar-refractivity contribution is -0.117. The van der Waals surface area contributed by atoms with E-state index in [2.05, 4.69) is 10.6 Å². The van der Waals surface area contributed by atoms with E-state index in [1.165, 1.54) is 13.0 Å². The first-order chi connectivity index (χ1) is 14.8. The van der Waals surface area contributed by atoms with Crippen molar-refractivity contribution in [2.45, 2.75) is 34.2 Å². The minimum Gasteiger partial charge on any atom is -0.422 e. The zero-order chi connectivity index (χ0) is 22.5. The van der Waals surface area contributed by atoms with Gasteiger partial charge >= 0.3 is 5.63 Å². The van der Waals surface area contributed by atoms with Gasteiger partial charge in [-0.2, -0.15) is 0 Å². The predicted molar refractivity (Wildman–Crippen MR) is 122 cm³/mol. The van der Waals surface area contributed by atoms with Gasteiger partial charge in [-0.3, -0.25) is 14.5 Å². The number of benzene rings is 2. The quantitative estimate of drug-likeness (QED) is 0.566. The van der Waals surface area contributed by atoms with E-state index in [9.17, 15) is 14.4 Å². The minimum atomic E-state index is -0.393. The smallest absolute Gasteiger partial charge is 0.336 e. The number of carbonyl (C=O) groups excluding carboxylic acids is 2. The van der Waals surface area contributed by atoms with Crippen LogP contribution >= 0.6 is 0 Å². The minimum absolute atomic E-state index is 0.150. The molecule has 7 heteroatoms. The Morgan fingerprint density at radius 3 is 2.26 bits per heavy atom. The summed E-state index contributed by atoms with van der Waals surface area (Å²) in [5.74, 6) is -0.309. The second-order valence-electron chi connectivity index (χ2n) is 7.58. The highest BCUT2D eigenvalue weighted by Gasteiger charge is 2.15. The molecule has 0 saturated heterocycles. The van der Waals surface area contributed by atoms with Crippen molar-refractivity contribution in [2.75, 3.05) is 23.7 Å². The number of rotatable bonds is 7. The monoisotopic (exact) mass is 421 g/mol. The SMILES string of the molecule is CCN(CC(=O)Nc1ccc(NC(C)=O)cc1)Cc1cc(=O)oc2c(C)c(C)ccc12. The molecule has 0 spiro atoms. The lowest BCUT2D eigenvalue weighted by Crippen LogP contribution is -2.33. The van der Waals surface area contributed by atoms with Gasteiger partial charge in [0.2, 0.25) is 11.8 Å². The Morgan fingerprint density at radius 2 is 1.65 bits per heavy atom. The molecule has 0 atom stereocenters. The summed E-state index contributed by atoms with van der Waals surface area (Å²) < 4.78 is 5.44. The van der Waals surface area contributed by atoms with E-state index in [1.54, 1.807) is 24.3 Å². The Morgan fingerprint density at radius 1 is 1.00 bits per heavy atom. The van der Waals surface area contributed by atoms with E-state index >= 15 is 0 Å². The van der Waals surface area contributed by atoms with E-state index in [4.69, 9.17) is 4.42 Å². The van der Waals surface area contributed by atoms with Gasteiger partial charge in [-0.25, -0.2) is 4.79 Å². The largest absolute Gasteiger partial charge is 0.422 e. The molecule has 31 heavy (non-hydrogen) atoms. The molecule has 7 nitrogen and oxygen atoms in total. The molecule has 0 aliphatic heterocycles. The van der Waals surface area contributed by atoms with Gasteiger partial charge in [0.15, 0.2) is 0 Å². The number of fused-ring (bicyclic) bond motifs is 1. The van der Waals surface area contributed by atoms with E-state index in [0.29, 0.717) is 30.0 Å². The Balaban J connectivity index is 1.72. The molecule has 162 valence electrons. The first-order valence-electron chi connectivity index (χ1n) is 10.2. The van der Waals surface area contributed by atoms with E-state index in [-0.39, 0.29) is 18.4 Å². The maximum Gasteiger partial charge on any atom is 0.336 e. The zero-order valence-electron chi connectivity index (χ0n) is 18.2. The van der Waals surface area contributed by atoms with E-state index in [0.717, 1.165) is 22.1 Å². The first-order valence-corrected chi connectivity index (χ1v) is 10.2. The van der Waals surface area contributed by atoms with Gasteiger partial charge < -0.3 is 15.1 Å². The van der Waals surface area contributed by atoms with Crippen LogP contribution in [0.5, 0.6) is 0 Å². The summed E-state index contributed by atoms with van der Waals surface area (Å²) in [5, 5.41) is 6.44. The number of hydrogen-bond donors (Lipinski definition) is 2. The number of amides is 2. The summed E-state index contributed by atoms with van der Waals surface area (Å²) in [6.45, 7) is 8.60. The van der Waals surface area contributed by atoms with Gasteiger partial charge in [0.1, 0.15) is 5.58 Å². The van der Waals surface area contributed by atoms with Crippen LogP contribution in [0.2, 0.25) is 0 Å². The van der Waals surface area contributed by atoms with Crippen LogP contribution in [0, 0.1) is 13.8 Å². The standard InChI is InChI=1S/C24H27N3O4/c1-5-27(14-22(29)26-20-9-7-19(8-10-20)25-17(4)28)13-18-12-23(30)31-24-16(3)15(2)6-11-21(18)24/h6-12H,5,13-14H2,1-4H3,(H,25,28)(H,26,29). The number of anilines is 2. The fraction of sp³-hybridized carbons (Fsp3) is 0.292. The van der Waals surface area contributed by atoms with Crippen molar-refractivity contribution < 1.29 is 14.0 Å². The molecule has 0 radical (unpaired) electrons. The molecule has 0 saturated carbocycles. The van der Waals surface area contributed by atoms with Crippen molar-refractivity contribution in [3.8, 4) is 0 Å². The molecular formula is C24H27N3O4. The summed E-state index contributed by atoms with van der Waals surface area (Å²) >= 11 is 0. The second-order valence-corrected chi connectivity index (χ2v) is 7.58. The number of hydrogen-bond acceptors (Lipinski definition) is 5. The van der Waals surface area contributed by atoms with Crippen molar-refractivity contribution in [3.05, 3.63) is 69.6 Å². The van der Waals surface area contributed by atoms with Crippen LogP contribution in [0.25, 0.3) is 11.0 Å². The average Bonchev–Trinajstić information content (AvgIpc) is 2.71. The summed E-state index contributed by atoms with van der Waals surface area (Å²) in [5.41, 5.74) is 4.36. The number of likely N-dealkylation sites (N-methyl/N-ethyl adjacent to an activating group) is 1. The first kappa shape index (κ1) is 22.2. The van der Waals surface area contributed by atoms with Crippen LogP contribution in [-0.2, 0) is 16.1 Å². The van der Waals surface area contributed by atoms with Crippen LogP contribution in [0.4, 0.5) is 11.4 Å². The van der Waals surface area contributed by atoms with Crippen LogP contribution in [-0.4, -0.2) is 29.8 Å². The molecule has 0 aliphatic rings. The zero-order valence-corrected chi connectivity index (χ0v) is 18.2. The molecule has 0 aliphatic carbocycles. The predicted octanol–water partition coefficient (Wildman–Crippen LogP) is 3.83. The van der Waals surface area contributed by atoms with Gasteiger partial charge in [-0.1, -0.05) is 19.1 Å². The average molecular weight is 421 g/mol. The van der Waals surface area contributed by atoms with Gasteiger partial charge in [-0.05, 0) is 61.3 Å². The molecule has 1 aromatic heterocycles. The van der Waals surface area contributed by atoms with E-state index < -0.39 is 5.63 Å². The lowest BCUT2D eigenvalue weighted by atomic mass is 10.0. The molecule has 0 unspecified atom stereocenters. The third kappa shape index (κ3) is 5.58. The molecule has 3 rings (SSSR count). The molecule has 2 N–H and O–H groups in total. The fourth-order valence-corrected chi connectivity index (χ4v) is 3.42. The van der Waals surface area contributed by atoms with Crippen LogP contribution in [0.3, 0.4) is 0 Å². The maximum atomic E-state index is 12.6. The molecule has 2 amide bonds. The Bertz CT molecular complexity index is 1170. The number of carbonyl (C=O) groups is 2. The van der Waals surface area contributed by atoms with Crippen LogP contribution in [0.15, 0.2) is 51.7 Å². The summed E-state index contributed by atoms with van der Waals surface area (Å²) in [6.07, 6.45) is 0. The number of nitrogens with one attached hydrogen (secondary N) is 2. The summed E-state index contributed by atoms with van der Waals surface area (Å²) in [7, 11) is 0. The van der Waals surface area contributed by atoms with Gasteiger partial charge in [-0.15, -0.1) is 0 Å². The Labute approximate surface area is 181 Å². The van der Waals surface area contributed by atoms with E-state index in [1.807, 2.05) is 37.8 Å². The van der Waals surface area contributed by atoms with Crippen molar-refractivity contribution in [3.63, 3.8) is 0 Å². The molecule has 3 aromatic rings. The topological polar surface area (TPSA) is 91.7 Å². The normalized spacial score (nSPS) is 11.0. The molecule has 0 fully saturated rings. The third-order valence-electron chi connectivity index (χ3n) is 5.21. The molecule has 0 bridgehead atoms. The van der Waals surface area contributed by atoms with Gasteiger partial charge in [0.25, 0.3) is 0 Å². The van der Waals surface area contributed by atoms with Crippen molar-refractivity contribution >= 4 is 34.2 Å². The van der Waals surface area contributed by atoms with Gasteiger partial charge in [0, 0.05) is 36.3 Å². The Kier molecular flexibility index (Phi) is 6.87. The van der Waals surface area contributed by atoms with Crippen LogP contribution in [0.1, 0.15) is 30.5 Å². The van der Waals surface area contributed by atoms with Crippen molar-refractivity contribution in [1.82, 2.24) is 4.90 Å². The fourth-order valence-electron chi connectivity index (χ4n) is 3.42. The highest BCUT2D eigenvalue weighted by molar-refractivity contribution is 5.93. The third-order valence-corrected chi connectivity index (χ3v) is 5.21. The maximum absolute atomic E-state index is 12.6. The molecule has 2 aromatic carbocycles. The number of nitrogens with zero attached hydrogens (tertiary/aromatic N) is 1. The summed E-state index contributed by atoms with van der Waals surface area (Å²) in [4.78, 5) is 37.7. The molecule has 1 heterocycles. The highest BCUT2D eigenvalue weighted by Crippen LogP contribution is 2.24. The highest BCUT2D eigenvalue weighted by atomic mass is 16.4.